The molecule has 1 unspecified atom stereocenters. The third-order valence-electron chi connectivity index (χ3n) is 4.30. The Hall–Kier alpha value is -3.27. The zero-order valence-electron chi connectivity index (χ0n) is 15.1. The van der Waals surface area contributed by atoms with Crippen molar-refractivity contribution in [3.05, 3.63) is 53.6 Å². The van der Waals surface area contributed by atoms with E-state index in [-0.39, 0.29) is 18.5 Å². The minimum absolute atomic E-state index is 0.131. The summed E-state index contributed by atoms with van der Waals surface area (Å²) in [5, 5.41) is 9.01. The molecular formula is C20H20FN3O3. The van der Waals surface area contributed by atoms with Crippen LogP contribution in [-0.2, 0) is 0 Å². The molecule has 0 bridgehead atoms. The van der Waals surface area contributed by atoms with E-state index in [0.717, 1.165) is 12.1 Å². The molecule has 7 heteroatoms. The van der Waals surface area contributed by atoms with Gasteiger partial charge in [-0.2, -0.15) is 0 Å². The number of nitrogens with zero attached hydrogens (tertiary/aromatic N) is 3. The highest BCUT2D eigenvalue weighted by Gasteiger charge is 2.32. The van der Waals surface area contributed by atoms with Gasteiger partial charge >= 0.3 is 6.09 Å². The first-order valence-corrected chi connectivity index (χ1v) is 8.50. The average Bonchev–Trinajstić information content (AvgIpc) is 2.58. The van der Waals surface area contributed by atoms with Crippen molar-refractivity contribution in [2.45, 2.75) is 12.5 Å². The van der Waals surface area contributed by atoms with Gasteiger partial charge in [0.2, 0.25) is 0 Å². The zero-order chi connectivity index (χ0) is 19.4. The fourth-order valence-corrected chi connectivity index (χ4v) is 2.67. The quantitative estimate of drug-likeness (QED) is 0.840. The monoisotopic (exact) mass is 369 g/mol. The number of anilines is 1. The summed E-state index contributed by atoms with van der Waals surface area (Å²) < 4.78 is 19.4. The maximum atomic E-state index is 13.7. The molecule has 27 heavy (non-hydrogen) atoms. The lowest BCUT2D eigenvalue weighted by molar-refractivity contribution is 0.0498. The van der Waals surface area contributed by atoms with Crippen LogP contribution in [0, 0.1) is 17.7 Å². The number of rotatable bonds is 4. The molecule has 0 aliphatic carbocycles. The van der Waals surface area contributed by atoms with Crippen molar-refractivity contribution in [1.29, 1.82) is 0 Å². The van der Waals surface area contributed by atoms with Crippen molar-refractivity contribution < 1.29 is 19.0 Å². The lowest BCUT2D eigenvalue weighted by Gasteiger charge is -2.38. The van der Waals surface area contributed by atoms with Gasteiger partial charge in [-0.3, -0.25) is 4.98 Å². The minimum atomic E-state index is -0.931. The summed E-state index contributed by atoms with van der Waals surface area (Å²) >= 11 is 0. The Kier molecular flexibility index (Phi) is 5.46. The Labute approximate surface area is 157 Å². The molecule has 140 valence electrons. The molecule has 2 aromatic rings. The molecule has 3 rings (SSSR count). The van der Waals surface area contributed by atoms with Crippen LogP contribution < -0.4 is 9.64 Å². The highest BCUT2D eigenvalue weighted by Crippen LogP contribution is 2.20. The van der Waals surface area contributed by atoms with Crippen LogP contribution in [0.25, 0.3) is 0 Å². The van der Waals surface area contributed by atoms with E-state index < -0.39 is 6.09 Å². The maximum absolute atomic E-state index is 13.7. The number of hydrogen-bond donors (Lipinski definition) is 1. The Bertz CT molecular complexity index is 905. The number of ether oxygens (including phenoxy) is 1. The first kappa shape index (κ1) is 18.5. The van der Waals surface area contributed by atoms with Gasteiger partial charge in [0.1, 0.15) is 18.2 Å². The van der Waals surface area contributed by atoms with Gasteiger partial charge in [0.15, 0.2) is 0 Å². The Morgan fingerprint density at radius 2 is 2.07 bits per heavy atom. The van der Waals surface area contributed by atoms with Crippen molar-refractivity contribution in [2.75, 3.05) is 32.1 Å². The number of carboxylic acid groups (broad SMARTS) is 1. The van der Waals surface area contributed by atoms with Gasteiger partial charge in [-0.15, -0.1) is 0 Å². The summed E-state index contributed by atoms with van der Waals surface area (Å²) in [5.41, 5.74) is 1.93. The van der Waals surface area contributed by atoms with Crippen molar-refractivity contribution in [3.8, 4) is 17.6 Å². The lowest BCUT2D eigenvalue weighted by atomic mass is 10.1. The molecule has 1 fully saturated rings. The van der Waals surface area contributed by atoms with Gasteiger partial charge in [-0.05, 0) is 30.7 Å². The Morgan fingerprint density at radius 1 is 1.30 bits per heavy atom. The standard InChI is InChI=1S/C20H20FN3O3/c1-23(2)18-8-14(7-16(21)10-18)3-4-15-9-19(12-22-11-15)27-13-17-5-6-24(17)20(25)26/h7-12,17H,5-6,13H2,1-2H3,(H,25,26). The molecule has 1 amide bonds. The van der Waals surface area contributed by atoms with E-state index in [1.54, 1.807) is 24.5 Å². The third-order valence-corrected chi connectivity index (χ3v) is 4.30. The van der Waals surface area contributed by atoms with Crippen molar-refractivity contribution in [3.63, 3.8) is 0 Å². The molecule has 1 atom stereocenters. The number of pyridine rings is 1. The largest absolute Gasteiger partial charge is 0.490 e. The van der Waals surface area contributed by atoms with E-state index in [0.29, 0.717) is 23.4 Å². The summed E-state index contributed by atoms with van der Waals surface area (Å²) in [5.74, 6) is 6.07. The second kappa shape index (κ2) is 7.96. The maximum Gasteiger partial charge on any atom is 0.407 e. The van der Waals surface area contributed by atoms with E-state index in [9.17, 15) is 9.18 Å². The number of hydrogen-bond acceptors (Lipinski definition) is 4. The van der Waals surface area contributed by atoms with Crippen LogP contribution in [0.15, 0.2) is 36.7 Å². The highest BCUT2D eigenvalue weighted by molar-refractivity contribution is 5.66. The van der Waals surface area contributed by atoms with E-state index >= 15 is 0 Å². The van der Waals surface area contributed by atoms with E-state index in [4.69, 9.17) is 9.84 Å². The number of likely N-dealkylation sites (tertiary alicyclic amines) is 1. The topological polar surface area (TPSA) is 65.9 Å². The van der Waals surface area contributed by atoms with Gasteiger partial charge in [0.05, 0.1) is 12.2 Å². The Balaban J connectivity index is 1.68. The van der Waals surface area contributed by atoms with Crippen LogP contribution in [0.4, 0.5) is 14.9 Å². The van der Waals surface area contributed by atoms with E-state index in [1.807, 2.05) is 19.0 Å². The minimum Gasteiger partial charge on any atom is -0.490 e. The molecule has 1 saturated heterocycles. The summed E-state index contributed by atoms with van der Waals surface area (Å²) in [4.78, 5) is 18.2. The molecular weight excluding hydrogens is 349 g/mol. The molecule has 6 nitrogen and oxygen atoms in total. The molecule has 1 aromatic heterocycles. The molecule has 2 heterocycles. The fourth-order valence-electron chi connectivity index (χ4n) is 2.67. The number of benzene rings is 1. The Morgan fingerprint density at radius 3 is 2.74 bits per heavy atom. The van der Waals surface area contributed by atoms with Crippen LogP contribution in [0.3, 0.4) is 0 Å². The zero-order valence-corrected chi connectivity index (χ0v) is 15.1. The summed E-state index contributed by atoms with van der Waals surface area (Å²) in [7, 11) is 3.68. The summed E-state index contributed by atoms with van der Waals surface area (Å²) in [6.07, 6.45) is 3.01. The molecule has 1 aromatic carbocycles. The van der Waals surface area contributed by atoms with Crippen LogP contribution in [0.5, 0.6) is 5.75 Å². The van der Waals surface area contributed by atoms with Gasteiger partial charge in [-0.1, -0.05) is 11.8 Å². The lowest BCUT2D eigenvalue weighted by Crippen LogP contribution is -2.53. The smallest absolute Gasteiger partial charge is 0.407 e. The van der Waals surface area contributed by atoms with Crippen molar-refractivity contribution in [1.82, 2.24) is 9.88 Å². The van der Waals surface area contributed by atoms with Gasteiger partial charge in [0.25, 0.3) is 0 Å². The first-order valence-electron chi connectivity index (χ1n) is 8.50. The van der Waals surface area contributed by atoms with Gasteiger partial charge < -0.3 is 19.6 Å². The van der Waals surface area contributed by atoms with E-state index in [2.05, 4.69) is 16.8 Å². The first-order chi connectivity index (χ1) is 12.9. The van der Waals surface area contributed by atoms with Crippen molar-refractivity contribution in [2.24, 2.45) is 0 Å². The predicted molar refractivity (Wildman–Crippen MR) is 99.6 cm³/mol. The third kappa shape index (κ3) is 4.67. The second-order valence-corrected chi connectivity index (χ2v) is 6.48. The van der Waals surface area contributed by atoms with Crippen LogP contribution in [0.1, 0.15) is 17.5 Å². The fraction of sp³-hybridized carbons (Fsp3) is 0.300. The molecule has 1 N–H and O–H groups in total. The SMILES string of the molecule is CN(C)c1cc(F)cc(C#Cc2cncc(OCC3CCN3C(=O)O)c2)c1. The normalized spacial score (nSPS) is 15.4. The highest BCUT2D eigenvalue weighted by atomic mass is 19.1. The van der Waals surface area contributed by atoms with Crippen LogP contribution in [0.2, 0.25) is 0 Å². The number of aromatic nitrogens is 1. The average molecular weight is 369 g/mol. The number of amides is 1. The van der Waals surface area contributed by atoms with E-state index in [1.165, 1.54) is 17.0 Å². The number of halogens is 1. The number of carbonyl (C=O) groups is 1. The summed E-state index contributed by atoms with van der Waals surface area (Å²) in [6, 6.07) is 6.23. The molecule has 0 saturated carbocycles. The molecule has 1 aliphatic heterocycles. The van der Waals surface area contributed by atoms with Gasteiger partial charge in [-0.25, -0.2) is 9.18 Å². The van der Waals surface area contributed by atoms with Crippen LogP contribution in [-0.4, -0.2) is 54.4 Å². The predicted octanol–water partition coefficient (Wildman–Crippen LogP) is 2.82. The van der Waals surface area contributed by atoms with Crippen molar-refractivity contribution >= 4 is 11.8 Å². The molecule has 0 spiro atoms. The van der Waals surface area contributed by atoms with Gasteiger partial charge in [0, 0.05) is 43.7 Å². The summed E-state index contributed by atoms with van der Waals surface area (Å²) in [6.45, 7) is 0.816. The van der Waals surface area contributed by atoms with Crippen LogP contribution >= 0.6 is 0 Å². The second-order valence-electron chi connectivity index (χ2n) is 6.48. The molecule has 1 aliphatic rings. The molecule has 0 radical (unpaired) electrons.